The van der Waals surface area contributed by atoms with Crippen LogP contribution >= 0.6 is 11.8 Å². The van der Waals surface area contributed by atoms with Crippen molar-refractivity contribution in [1.82, 2.24) is 20.6 Å². The summed E-state index contributed by atoms with van der Waals surface area (Å²) < 4.78 is 44.2. The van der Waals surface area contributed by atoms with Crippen molar-refractivity contribution >= 4 is 17.6 Å². The molecule has 0 bridgehead atoms. The quantitative estimate of drug-likeness (QED) is 0.171. The number of hydrazone groups is 1. The molecular weight excluding hydrogens is 383 g/mol. The number of nitrogens with one attached hydrogen (secondary N) is 2. The number of benzene rings is 1. The number of hydrazine groups is 1. The second-order valence-corrected chi connectivity index (χ2v) is 6.16. The number of amidine groups is 1. The van der Waals surface area contributed by atoms with Crippen LogP contribution in [0.5, 0.6) is 0 Å². The summed E-state index contributed by atoms with van der Waals surface area (Å²) >= 11 is 1.23. The lowest BCUT2D eigenvalue weighted by Gasteiger charge is -2.07. The number of H-pyrrole nitrogens is 1. The fourth-order valence-corrected chi connectivity index (χ4v) is 2.83. The number of halogens is 3. The van der Waals surface area contributed by atoms with E-state index >= 15 is 0 Å². The van der Waals surface area contributed by atoms with Gasteiger partial charge < -0.3 is 15.7 Å². The second-order valence-electron chi connectivity index (χ2n) is 5.22. The number of furan rings is 1. The summed E-state index contributed by atoms with van der Waals surface area (Å²) in [7, 11) is 0. The zero-order valence-electron chi connectivity index (χ0n) is 13.6. The van der Waals surface area contributed by atoms with E-state index in [0.29, 0.717) is 33.9 Å². The molecule has 0 amide bonds. The third-order valence-electron chi connectivity index (χ3n) is 3.44. The lowest BCUT2D eigenvalue weighted by atomic mass is 10.1. The van der Waals surface area contributed by atoms with E-state index in [1.165, 1.54) is 23.9 Å². The van der Waals surface area contributed by atoms with Crippen LogP contribution in [-0.2, 0) is 6.18 Å². The van der Waals surface area contributed by atoms with Gasteiger partial charge in [0, 0.05) is 5.56 Å². The minimum atomic E-state index is -4.42. The van der Waals surface area contributed by atoms with Gasteiger partial charge in [-0.2, -0.15) is 23.3 Å². The Balaban J connectivity index is 1.77. The molecule has 27 heavy (non-hydrogen) atoms. The largest absolute Gasteiger partial charge is 0.453 e. The van der Waals surface area contributed by atoms with Crippen molar-refractivity contribution in [2.45, 2.75) is 11.3 Å². The highest BCUT2D eigenvalue weighted by Crippen LogP contribution is 2.33. The van der Waals surface area contributed by atoms with Gasteiger partial charge >= 0.3 is 6.18 Å². The van der Waals surface area contributed by atoms with Crippen molar-refractivity contribution in [3.05, 3.63) is 42.0 Å². The molecule has 0 aliphatic rings. The third kappa shape index (κ3) is 4.41. The molecule has 0 atom stereocenters. The molecule has 2 aromatic heterocycles. The molecule has 8 nitrogen and oxygen atoms in total. The minimum Gasteiger partial charge on any atom is -0.453 e. The summed E-state index contributed by atoms with van der Waals surface area (Å²) in [6, 6.07) is 8.05. The number of aromatic nitrogens is 3. The number of nitrogens with two attached hydrogens (primary N) is 2. The SMILES string of the molecule is N/N=C(/CSc1n[nH]c(-c2ccc(-c3cccc(C(F)(F)F)c3)o2)n1)NN. The van der Waals surface area contributed by atoms with Gasteiger partial charge in [0.2, 0.25) is 5.16 Å². The molecule has 3 rings (SSSR count). The van der Waals surface area contributed by atoms with Crippen molar-refractivity contribution < 1.29 is 17.6 Å². The van der Waals surface area contributed by atoms with E-state index in [0.717, 1.165) is 12.1 Å². The molecule has 12 heteroatoms. The normalized spacial score (nSPS) is 12.4. The first kappa shape index (κ1) is 18.8. The van der Waals surface area contributed by atoms with Gasteiger partial charge in [0.15, 0.2) is 11.6 Å². The van der Waals surface area contributed by atoms with Crippen LogP contribution in [0.1, 0.15) is 5.56 Å². The van der Waals surface area contributed by atoms with E-state index in [1.54, 1.807) is 12.1 Å². The highest BCUT2D eigenvalue weighted by molar-refractivity contribution is 7.99. The third-order valence-corrected chi connectivity index (χ3v) is 4.30. The van der Waals surface area contributed by atoms with Crippen molar-refractivity contribution in [2.75, 3.05) is 5.75 Å². The van der Waals surface area contributed by atoms with Crippen molar-refractivity contribution in [1.29, 1.82) is 0 Å². The monoisotopic (exact) mass is 397 g/mol. The van der Waals surface area contributed by atoms with Gasteiger partial charge in [-0.3, -0.25) is 5.10 Å². The Morgan fingerprint density at radius 2 is 2.04 bits per heavy atom. The molecule has 0 fully saturated rings. The van der Waals surface area contributed by atoms with E-state index in [2.05, 4.69) is 25.7 Å². The zero-order valence-corrected chi connectivity index (χ0v) is 14.4. The van der Waals surface area contributed by atoms with Crippen LogP contribution in [0.2, 0.25) is 0 Å². The Morgan fingerprint density at radius 1 is 1.26 bits per heavy atom. The van der Waals surface area contributed by atoms with Crippen LogP contribution < -0.4 is 17.1 Å². The predicted octanol–water partition coefficient (Wildman–Crippen LogP) is 2.58. The highest BCUT2D eigenvalue weighted by Gasteiger charge is 2.30. The van der Waals surface area contributed by atoms with Crippen molar-refractivity contribution in [2.24, 2.45) is 16.8 Å². The van der Waals surface area contributed by atoms with Gasteiger partial charge in [0.1, 0.15) is 11.6 Å². The fraction of sp³-hybridized carbons (Fsp3) is 0.133. The maximum Gasteiger partial charge on any atom is 0.416 e. The summed E-state index contributed by atoms with van der Waals surface area (Å²) in [5.74, 6) is 12.0. The molecule has 2 heterocycles. The molecule has 0 aliphatic heterocycles. The van der Waals surface area contributed by atoms with Crippen LogP contribution in [0.3, 0.4) is 0 Å². The summed E-state index contributed by atoms with van der Waals surface area (Å²) in [6.45, 7) is 0. The lowest BCUT2D eigenvalue weighted by molar-refractivity contribution is -0.137. The predicted molar refractivity (Wildman–Crippen MR) is 94.2 cm³/mol. The molecule has 142 valence electrons. The fourth-order valence-electron chi connectivity index (χ4n) is 2.14. The van der Waals surface area contributed by atoms with E-state index in [1.807, 2.05) is 0 Å². The number of hydrogen-bond acceptors (Lipinski definition) is 7. The molecule has 0 saturated heterocycles. The summed E-state index contributed by atoms with van der Waals surface area (Å²) in [6.07, 6.45) is -4.42. The maximum absolute atomic E-state index is 12.9. The number of alkyl halides is 3. The van der Waals surface area contributed by atoms with Crippen LogP contribution in [0.15, 0.2) is 51.1 Å². The first-order chi connectivity index (χ1) is 12.9. The van der Waals surface area contributed by atoms with Crippen LogP contribution in [-0.4, -0.2) is 26.8 Å². The number of nitrogens with zero attached hydrogens (tertiary/aromatic N) is 3. The summed E-state index contributed by atoms with van der Waals surface area (Å²) in [5, 5.41) is 10.6. The van der Waals surface area contributed by atoms with Gasteiger partial charge in [-0.1, -0.05) is 23.9 Å². The average molecular weight is 397 g/mol. The Labute approximate surface area is 155 Å². The van der Waals surface area contributed by atoms with E-state index in [9.17, 15) is 13.2 Å². The molecular formula is C15H14F3N7OS. The zero-order chi connectivity index (χ0) is 19.4. The van der Waals surface area contributed by atoms with Crippen LogP contribution in [0.4, 0.5) is 13.2 Å². The van der Waals surface area contributed by atoms with Gasteiger partial charge in [0.05, 0.1) is 11.3 Å². The molecule has 6 N–H and O–H groups in total. The molecule has 1 aromatic carbocycles. The number of hydrogen-bond donors (Lipinski definition) is 4. The van der Waals surface area contributed by atoms with Crippen molar-refractivity contribution in [3.8, 4) is 22.9 Å². The standard InChI is InChI=1S/C15H14F3N7OS/c16-15(17,18)9-3-1-2-8(6-9)10-4-5-11(26-10)13-21-14(25-24-13)27-7-12(22-19)23-20/h1-6H,7,19-20H2,(H,22,23)(H,21,24,25). The van der Waals surface area contributed by atoms with E-state index in [4.69, 9.17) is 16.1 Å². The van der Waals surface area contributed by atoms with Gasteiger partial charge in [-0.15, -0.1) is 5.10 Å². The Bertz CT molecular complexity index is 951. The lowest BCUT2D eigenvalue weighted by Crippen LogP contribution is -2.33. The Kier molecular flexibility index (Phi) is 5.37. The van der Waals surface area contributed by atoms with Crippen molar-refractivity contribution in [3.63, 3.8) is 0 Å². The minimum absolute atomic E-state index is 0.284. The summed E-state index contributed by atoms with van der Waals surface area (Å²) in [4.78, 5) is 4.24. The highest BCUT2D eigenvalue weighted by atomic mass is 32.2. The molecule has 3 aromatic rings. The number of aromatic amines is 1. The van der Waals surface area contributed by atoms with E-state index in [-0.39, 0.29) is 5.76 Å². The topological polar surface area (TPSA) is 131 Å². The van der Waals surface area contributed by atoms with Gasteiger partial charge in [-0.05, 0) is 24.3 Å². The smallest absolute Gasteiger partial charge is 0.416 e. The molecule has 0 spiro atoms. The number of thioether (sulfide) groups is 1. The van der Waals surface area contributed by atoms with Gasteiger partial charge in [0.25, 0.3) is 0 Å². The molecule has 0 unspecified atom stereocenters. The molecule has 0 radical (unpaired) electrons. The number of rotatable bonds is 5. The molecule has 0 aliphatic carbocycles. The molecule has 0 saturated carbocycles. The first-order valence-corrected chi connectivity index (χ1v) is 8.45. The van der Waals surface area contributed by atoms with Crippen LogP contribution in [0, 0.1) is 0 Å². The Morgan fingerprint density at radius 3 is 2.74 bits per heavy atom. The second kappa shape index (κ2) is 7.72. The maximum atomic E-state index is 12.9. The summed E-state index contributed by atoms with van der Waals surface area (Å²) in [5.41, 5.74) is 1.90. The average Bonchev–Trinajstić information content (AvgIpc) is 3.31. The van der Waals surface area contributed by atoms with E-state index < -0.39 is 11.7 Å². The van der Waals surface area contributed by atoms with Gasteiger partial charge in [-0.25, -0.2) is 5.84 Å². The Hall–Kier alpha value is -2.99. The van der Waals surface area contributed by atoms with Crippen LogP contribution in [0.25, 0.3) is 22.9 Å². The first-order valence-electron chi connectivity index (χ1n) is 7.47.